The Kier molecular flexibility index (Phi) is 5.33. The van der Waals surface area contributed by atoms with E-state index >= 15 is 0 Å². The van der Waals surface area contributed by atoms with Gasteiger partial charge in [-0.3, -0.25) is 4.79 Å². The Balaban J connectivity index is 1.88. The maximum Gasteiger partial charge on any atom is 0.260 e. The molecular weight excluding hydrogens is 333 g/mol. The van der Waals surface area contributed by atoms with Gasteiger partial charge in [0.05, 0.1) is 19.3 Å². The number of hydrogen-bond acceptors (Lipinski definition) is 4. The third-order valence-electron chi connectivity index (χ3n) is 2.94. The first-order chi connectivity index (χ1) is 9.60. The Bertz CT molecular complexity index is 485. The van der Waals surface area contributed by atoms with E-state index in [2.05, 4.69) is 15.9 Å². The number of carbonyl (C=O) groups excluding carboxylic acids is 1. The normalized spacial score (nSPS) is 18.9. The summed E-state index contributed by atoms with van der Waals surface area (Å²) in [5.41, 5.74) is 0. The van der Waals surface area contributed by atoms with Crippen molar-refractivity contribution in [1.82, 2.24) is 4.90 Å². The topological polar surface area (TPSA) is 59.0 Å². The molecule has 2 rings (SSSR count). The first kappa shape index (κ1) is 15.2. The van der Waals surface area contributed by atoms with Crippen molar-refractivity contribution in [1.29, 1.82) is 0 Å². The van der Waals surface area contributed by atoms with Gasteiger partial charge < -0.3 is 19.5 Å². The van der Waals surface area contributed by atoms with Crippen molar-refractivity contribution in [2.45, 2.75) is 6.10 Å². The van der Waals surface area contributed by atoms with E-state index < -0.39 is 5.82 Å². The quantitative estimate of drug-likeness (QED) is 0.888. The molecule has 1 aliphatic heterocycles. The van der Waals surface area contributed by atoms with Crippen LogP contribution in [0.15, 0.2) is 22.7 Å². The predicted octanol–water partition coefficient (Wildman–Crippen LogP) is 1.19. The zero-order valence-electron chi connectivity index (χ0n) is 10.7. The van der Waals surface area contributed by atoms with Crippen LogP contribution in [0, 0.1) is 5.82 Å². The van der Waals surface area contributed by atoms with Gasteiger partial charge in [0.25, 0.3) is 5.91 Å². The van der Waals surface area contributed by atoms with Crippen molar-refractivity contribution in [3.05, 3.63) is 28.5 Å². The van der Waals surface area contributed by atoms with Crippen LogP contribution in [0.4, 0.5) is 4.39 Å². The minimum atomic E-state index is -0.526. The van der Waals surface area contributed by atoms with Gasteiger partial charge >= 0.3 is 0 Å². The van der Waals surface area contributed by atoms with Crippen LogP contribution in [-0.4, -0.2) is 54.9 Å². The number of aliphatic hydroxyl groups excluding tert-OH is 1. The average molecular weight is 348 g/mol. The molecule has 0 aliphatic carbocycles. The molecule has 1 aromatic carbocycles. The molecule has 5 nitrogen and oxygen atoms in total. The summed E-state index contributed by atoms with van der Waals surface area (Å²) >= 11 is 3.15. The van der Waals surface area contributed by atoms with Crippen LogP contribution in [-0.2, 0) is 9.53 Å². The van der Waals surface area contributed by atoms with E-state index in [1.165, 1.54) is 12.1 Å². The second-order valence-electron chi connectivity index (χ2n) is 4.38. The highest BCUT2D eigenvalue weighted by molar-refractivity contribution is 9.10. The first-order valence-electron chi connectivity index (χ1n) is 6.18. The Hall–Kier alpha value is -1.18. The van der Waals surface area contributed by atoms with Gasteiger partial charge in [-0.05, 0) is 18.2 Å². The first-order valence-corrected chi connectivity index (χ1v) is 6.97. The summed E-state index contributed by atoms with van der Waals surface area (Å²) in [6.45, 7) is 0.773. The molecule has 0 spiro atoms. The Morgan fingerprint density at radius 1 is 1.60 bits per heavy atom. The van der Waals surface area contributed by atoms with E-state index in [0.29, 0.717) is 24.2 Å². The maximum atomic E-state index is 13.5. The van der Waals surface area contributed by atoms with Crippen LogP contribution in [0.25, 0.3) is 0 Å². The molecule has 1 aromatic rings. The number of benzene rings is 1. The molecule has 7 heteroatoms. The third kappa shape index (κ3) is 3.91. The van der Waals surface area contributed by atoms with Crippen LogP contribution >= 0.6 is 15.9 Å². The van der Waals surface area contributed by atoms with Crippen molar-refractivity contribution in [3.8, 4) is 5.75 Å². The fraction of sp³-hybridized carbons (Fsp3) is 0.462. The second-order valence-corrected chi connectivity index (χ2v) is 5.29. The SMILES string of the molecule is O=C(COc1ccc(Br)cc1F)N1CCOC(CO)C1. The molecule has 1 fully saturated rings. The van der Waals surface area contributed by atoms with Gasteiger partial charge in [-0.2, -0.15) is 0 Å². The monoisotopic (exact) mass is 347 g/mol. The number of amides is 1. The van der Waals surface area contributed by atoms with Gasteiger partial charge in [0.1, 0.15) is 0 Å². The summed E-state index contributed by atoms with van der Waals surface area (Å²) in [7, 11) is 0. The van der Waals surface area contributed by atoms with E-state index in [1.807, 2.05) is 0 Å². The molecule has 1 saturated heterocycles. The highest BCUT2D eigenvalue weighted by Crippen LogP contribution is 2.21. The van der Waals surface area contributed by atoms with Gasteiger partial charge in [0.2, 0.25) is 0 Å². The minimum absolute atomic E-state index is 0.0357. The van der Waals surface area contributed by atoms with E-state index in [-0.39, 0.29) is 31.0 Å². The predicted molar refractivity (Wildman–Crippen MR) is 73.0 cm³/mol. The smallest absolute Gasteiger partial charge is 0.260 e. The third-order valence-corrected chi connectivity index (χ3v) is 3.43. The Morgan fingerprint density at radius 3 is 3.10 bits per heavy atom. The molecule has 1 heterocycles. The Labute approximate surface area is 124 Å². The number of hydrogen-bond donors (Lipinski definition) is 1. The lowest BCUT2D eigenvalue weighted by molar-refractivity contribution is -0.142. The van der Waals surface area contributed by atoms with E-state index in [4.69, 9.17) is 14.6 Å². The molecular formula is C13H15BrFNO4. The van der Waals surface area contributed by atoms with Crippen molar-refractivity contribution < 1.29 is 23.8 Å². The standard InChI is InChI=1S/C13H15BrFNO4/c14-9-1-2-12(11(15)5-9)20-8-13(18)16-3-4-19-10(6-16)7-17/h1-2,5,10,17H,3-4,6-8H2. The lowest BCUT2D eigenvalue weighted by atomic mass is 10.3. The highest BCUT2D eigenvalue weighted by atomic mass is 79.9. The van der Waals surface area contributed by atoms with E-state index in [1.54, 1.807) is 11.0 Å². The summed E-state index contributed by atoms with van der Waals surface area (Å²) in [5, 5.41) is 9.01. The lowest BCUT2D eigenvalue weighted by Gasteiger charge is -2.31. The van der Waals surface area contributed by atoms with Crippen molar-refractivity contribution in [3.63, 3.8) is 0 Å². The molecule has 1 atom stereocenters. The van der Waals surface area contributed by atoms with Crippen molar-refractivity contribution >= 4 is 21.8 Å². The molecule has 0 saturated carbocycles. The summed E-state index contributed by atoms with van der Waals surface area (Å²) in [6.07, 6.45) is -0.364. The largest absolute Gasteiger partial charge is 0.481 e. The Morgan fingerprint density at radius 2 is 2.40 bits per heavy atom. The molecule has 1 unspecified atom stereocenters. The molecule has 110 valence electrons. The van der Waals surface area contributed by atoms with Gasteiger partial charge in [0.15, 0.2) is 18.2 Å². The molecule has 1 aliphatic rings. The molecule has 0 aromatic heterocycles. The van der Waals surface area contributed by atoms with E-state index in [9.17, 15) is 9.18 Å². The van der Waals surface area contributed by atoms with Crippen molar-refractivity contribution in [2.24, 2.45) is 0 Å². The van der Waals surface area contributed by atoms with Crippen LogP contribution in [0.1, 0.15) is 0 Å². The van der Waals surface area contributed by atoms with Crippen LogP contribution in [0.3, 0.4) is 0 Å². The number of morpholine rings is 1. The number of carbonyl (C=O) groups is 1. The molecule has 0 radical (unpaired) electrons. The maximum absolute atomic E-state index is 13.5. The summed E-state index contributed by atoms with van der Waals surface area (Å²) in [4.78, 5) is 13.5. The number of nitrogens with zero attached hydrogens (tertiary/aromatic N) is 1. The van der Waals surface area contributed by atoms with Gasteiger partial charge in [-0.15, -0.1) is 0 Å². The van der Waals surface area contributed by atoms with Gasteiger partial charge in [0, 0.05) is 17.6 Å². The number of ether oxygens (including phenoxy) is 2. The van der Waals surface area contributed by atoms with E-state index in [0.717, 1.165) is 0 Å². The van der Waals surface area contributed by atoms with Gasteiger partial charge in [-0.25, -0.2) is 4.39 Å². The van der Waals surface area contributed by atoms with Crippen molar-refractivity contribution in [2.75, 3.05) is 32.9 Å². The minimum Gasteiger partial charge on any atom is -0.481 e. The summed E-state index contributed by atoms with van der Waals surface area (Å²) in [6, 6.07) is 4.37. The fourth-order valence-electron chi connectivity index (χ4n) is 1.88. The second kappa shape index (κ2) is 7.01. The molecule has 1 N–H and O–H groups in total. The number of aliphatic hydroxyl groups is 1. The number of rotatable bonds is 4. The summed E-state index contributed by atoms with van der Waals surface area (Å²) in [5.74, 6) is -0.745. The highest BCUT2D eigenvalue weighted by Gasteiger charge is 2.24. The molecule has 1 amide bonds. The van der Waals surface area contributed by atoms with Crippen LogP contribution < -0.4 is 4.74 Å². The van der Waals surface area contributed by atoms with Gasteiger partial charge in [-0.1, -0.05) is 15.9 Å². The molecule has 20 heavy (non-hydrogen) atoms. The molecule has 0 bridgehead atoms. The lowest BCUT2D eigenvalue weighted by Crippen LogP contribution is -2.48. The zero-order chi connectivity index (χ0) is 14.5. The van der Waals surface area contributed by atoms with Crippen LogP contribution in [0.5, 0.6) is 5.75 Å². The van der Waals surface area contributed by atoms with Crippen LogP contribution in [0.2, 0.25) is 0 Å². The number of halogens is 2. The fourth-order valence-corrected chi connectivity index (χ4v) is 2.21. The zero-order valence-corrected chi connectivity index (χ0v) is 12.3. The summed E-state index contributed by atoms with van der Waals surface area (Å²) < 4.78 is 24.6. The average Bonchev–Trinajstić information content (AvgIpc) is 2.46.